The molecule has 15 heteroatoms. The van der Waals surface area contributed by atoms with Crippen molar-refractivity contribution in [3.05, 3.63) is 36.6 Å². The zero-order valence-electron chi connectivity index (χ0n) is 10.6. The maximum atomic E-state index is 12.0. The normalized spacial score (nSPS) is 11.2. The van der Waals surface area contributed by atoms with Gasteiger partial charge in [-0.05, 0) is 11.6 Å². The standard InChI is InChI=1S/C5F10O.C2ClF3.C2H4/c6-1(7)2(8)16-5(14,15)3(9,10)4(11,12)13;3-1(4)2(5)6;1-2/h;;1-2H2. The van der Waals surface area contributed by atoms with Crippen LogP contribution >= 0.6 is 11.6 Å². The lowest BCUT2D eigenvalue weighted by atomic mass is 10.3. The minimum Gasteiger partial charge on any atom is -0.397 e. The molecule has 0 aromatic carbocycles. The third kappa shape index (κ3) is 8.88. The maximum Gasteiger partial charge on any atom is 0.476 e. The van der Waals surface area contributed by atoms with Gasteiger partial charge in [-0.3, -0.25) is 0 Å². The van der Waals surface area contributed by atoms with Crippen LogP contribution in [-0.2, 0) is 4.74 Å². The number of hydrogen-bond acceptors (Lipinski definition) is 1. The number of halogens is 14. The van der Waals surface area contributed by atoms with Crippen LogP contribution in [0.1, 0.15) is 0 Å². The van der Waals surface area contributed by atoms with Gasteiger partial charge in [-0.2, -0.15) is 57.1 Å². The van der Waals surface area contributed by atoms with Gasteiger partial charge in [0.25, 0.3) is 5.29 Å². The van der Waals surface area contributed by atoms with Crippen molar-refractivity contribution in [2.75, 3.05) is 0 Å². The van der Waals surface area contributed by atoms with Crippen LogP contribution in [0, 0.1) is 0 Å². The first-order chi connectivity index (χ1) is 10.5. The molecular formula is C9H4ClF13O. The summed E-state index contributed by atoms with van der Waals surface area (Å²) in [6.45, 7) is 6.00. The first-order valence-corrected chi connectivity index (χ1v) is 4.93. The van der Waals surface area contributed by atoms with E-state index in [1.54, 1.807) is 0 Å². The van der Waals surface area contributed by atoms with Crippen molar-refractivity contribution in [2.45, 2.75) is 18.2 Å². The summed E-state index contributed by atoms with van der Waals surface area (Å²) in [5.41, 5.74) is 0. The second-order valence-electron chi connectivity index (χ2n) is 2.75. The predicted octanol–water partition coefficient (Wildman–Crippen LogP) is 6.89. The van der Waals surface area contributed by atoms with Gasteiger partial charge in [0.05, 0.1) is 0 Å². The monoisotopic (exact) mass is 410 g/mol. The van der Waals surface area contributed by atoms with Crippen LogP contribution in [0.4, 0.5) is 57.1 Å². The SMILES string of the molecule is C=C.FC(F)=C(F)Cl.FC(F)=C(F)OC(F)(F)C(F)(F)C(F)(F)F. The molecule has 0 amide bonds. The van der Waals surface area contributed by atoms with Crippen LogP contribution in [0.2, 0.25) is 0 Å². The molecule has 0 spiro atoms. The fourth-order valence-corrected chi connectivity index (χ4v) is 0.380. The summed E-state index contributed by atoms with van der Waals surface area (Å²) < 4.78 is 150. The van der Waals surface area contributed by atoms with E-state index in [9.17, 15) is 57.1 Å². The summed E-state index contributed by atoms with van der Waals surface area (Å²) in [5, 5.41) is -1.94. The van der Waals surface area contributed by atoms with Gasteiger partial charge in [0.2, 0.25) is 0 Å². The highest BCUT2D eigenvalue weighted by molar-refractivity contribution is 6.28. The molecule has 0 N–H and O–H groups in total. The Morgan fingerprint density at radius 1 is 0.708 bits per heavy atom. The van der Waals surface area contributed by atoms with Gasteiger partial charge in [0.1, 0.15) is 0 Å². The van der Waals surface area contributed by atoms with Crippen LogP contribution in [0.3, 0.4) is 0 Å². The van der Waals surface area contributed by atoms with E-state index in [2.05, 4.69) is 24.8 Å². The Balaban J connectivity index is -0.000000462. The van der Waals surface area contributed by atoms with Gasteiger partial charge in [0.15, 0.2) is 0 Å². The molecule has 0 atom stereocenters. The smallest absolute Gasteiger partial charge is 0.397 e. The zero-order chi connectivity index (χ0) is 20.5. The highest BCUT2D eigenvalue weighted by Crippen LogP contribution is 2.48. The highest BCUT2D eigenvalue weighted by atomic mass is 35.5. The lowest BCUT2D eigenvalue weighted by molar-refractivity contribution is -0.419. The summed E-state index contributed by atoms with van der Waals surface area (Å²) in [5.74, 6) is -6.81. The molecule has 0 bridgehead atoms. The Hall–Kier alpha value is -1.60. The third-order valence-corrected chi connectivity index (χ3v) is 1.37. The molecular weight excluding hydrogens is 407 g/mol. The van der Waals surface area contributed by atoms with Crippen molar-refractivity contribution in [3.63, 3.8) is 0 Å². The molecule has 0 heterocycles. The summed E-state index contributed by atoms with van der Waals surface area (Å²) in [6.07, 6.45) is -19.4. The number of ether oxygens (including phenoxy) is 1. The van der Waals surface area contributed by atoms with E-state index in [0.29, 0.717) is 0 Å². The Kier molecular flexibility index (Phi) is 11.7. The maximum absolute atomic E-state index is 12.0. The molecule has 0 aromatic rings. The van der Waals surface area contributed by atoms with Crippen molar-refractivity contribution in [1.29, 1.82) is 0 Å². The average molecular weight is 411 g/mol. The Labute approximate surface area is 129 Å². The largest absolute Gasteiger partial charge is 0.476 e. The minimum absolute atomic E-state index is 1.94. The molecule has 0 saturated carbocycles. The van der Waals surface area contributed by atoms with Crippen LogP contribution < -0.4 is 0 Å². The Morgan fingerprint density at radius 3 is 1.17 bits per heavy atom. The third-order valence-electron chi connectivity index (χ3n) is 1.23. The lowest BCUT2D eigenvalue weighted by Crippen LogP contribution is -2.53. The van der Waals surface area contributed by atoms with Gasteiger partial charge in [-0.15, -0.1) is 13.2 Å². The van der Waals surface area contributed by atoms with Crippen molar-refractivity contribution < 1.29 is 61.8 Å². The summed E-state index contributed by atoms with van der Waals surface area (Å²) >= 11 is 4.08. The second-order valence-corrected chi connectivity index (χ2v) is 3.08. The van der Waals surface area contributed by atoms with Gasteiger partial charge in [0, 0.05) is 0 Å². The van der Waals surface area contributed by atoms with Crippen LogP contribution in [0.15, 0.2) is 36.6 Å². The minimum atomic E-state index is -6.81. The molecule has 24 heavy (non-hydrogen) atoms. The highest BCUT2D eigenvalue weighted by Gasteiger charge is 2.76. The first kappa shape index (κ1) is 27.3. The van der Waals surface area contributed by atoms with Crippen LogP contribution in [0.5, 0.6) is 0 Å². The second kappa shape index (κ2) is 10.3. The quantitative estimate of drug-likeness (QED) is 0.280. The molecule has 0 aliphatic rings. The summed E-state index contributed by atoms with van der Waals surface area (Å²) in [7, 11) is 0. The molecule has 1 nitrogen and oxygen atoms in total. The van der Waals surface area contributed by atoms with Crippen molar-refractivity contribution >= 4 is 11.6 Å². The molecule has 0 aliphatic heterocycles. The van der Waals surface area contributed by atoms with Crippen LogP contribution in [0.25, 0.3) is 0 Å². The number of alkyl halides is 7. The van der Waals surface area contributed by atoms with Gasteiger partial charge < -0.3 is 4.74 Å². The average Bonchev–Trinajstić information content (AvgIpc) is 2.39. The number of hydrogen-bond donors (Lipinski definition) is 0. The Bertz CT molecular complexity index is 431. The molecule has 0 radical (unpaired) electrons. The summed E-state index contributed by atoms with van der Waals surface area (Å²) in [4.78, 5) is 0. The van der Waals surface area contributed by atoms with E-state index in [1.165, 1.54) is 0 Å². The van der Waals surface area contributed by atoms with Crippen molar-refractivity contribution in [3.8, 4) is 0 Å². The predicted molar refractivity (Wildman–Crippen MR) is 54.8 cm³/mol. The lowest BCUT2D eigenvalue weighted by Gasteiger charge is -2.26. The molecule has 0 aliphatic carbocycles. The van der Waals surface area contributed by atoms with E-state index in [4.69, 9.17) is 0 Å². The van der Waals surface area contributed by atoms with E-state index >= 15 is 0 Å². The first-order valence-electron chi connectivity index (χ1n) is 4.55. The van der Waals surface area contributed by atoms with E-state index in [1.807, 2.05) is 4.74 Å². The van der Waals surface area contributed by atoms with E-state index in [-0.39, 0.29) is 0 Å². The fourth-order valence-electron chi connectivity index (χ4n) is 0.380. The fraction of sp³-hybridized carbons (Fsp3) is 0.333. The molecule has 0 aromatic heterocycles. The van der Waals surface area contributed by atoms with Crippen molar-refractivity contribution in [2.24, 2.45) is 0 Å². The number of rotatable bonds is 3. The summed E-state index contributed by atoms with van der Waals surface area (Å²) in [6, 6.07) is -3.52. The molecule has 144 valence electrons. The van der Waals surface area contributed by atoms with Crippen molar-refractivity contribution in [1.82, 2.24) is 0 Å². The zero-order valence-corrected chi connectivity index (χ0v) is 11.4. The molecule has 0 fully saturated rings. The Morgan fingerprint density at radius 2 is 1.00 bits per heavy atom. The van der Waals surface area contributed by atoms with Crippen LogP contribution in [-0.4, -0.2) is 18.2 Å². The van der Waals surface area contributed by atoms with Gasteiger partial charge >= 0.3 is 36.4 Å². The topological polar surface area (TPSA) is 9.23 Å². The van der Waals surface area contributed by atoms with Gasteiger partial charge in [-0.1, -0.05) is 0 Å². The van der Waals surface area contributed by atoms with E-state index in [0.717, 1.165) is 0 Å². The van der Waals surface area contributed by atoms with E-state index < -0.39 is 41.7 Å². The molecule has 0 rings (SSSR count). The molecule has 0 unspecified atom stereocenters. The van der Waals surface area contributed by atoms with Gasteiger partial charge in [-0.25, -0.2) is 0 Å². The molecule has 0 saturated heterocycles.